The summed E-state index contributed by atoms with van der Waals surface area (Å²) < 4.78 is 11.8. The molecule has 0 amide bonds. The Hall–Kier alpha value is 0.0669. The van der Waals surface area contributed by atoms with E-state index in [4.69, 9.17) is 42.7 Å². The van der Waals surface area contributed by atoms with Crippen molar-refractivity contribution >= 4 is 39.2 Å². The van der Waals surface area contributed by atoms with Gasteiger partial charge < -0.3 is 9.47 Å². The second-order valence-corrected chi connectivity index (χ2v) is 16.5. The Morgan fingerprint density at radius 1 is 0.923 bits per heavy atom. The van der Waals surface area contributed by atoms with E-state index in [-0.39, 0.29) is 0 Å². The highest BCUT2D eigenvalue weighted by atomic mass is 35.8. The Morgan fingerprint density at radius 3 is 2.23 bits per heavy atom. The van der Waals surface area contributed by atoms with Crippen LogP contribution in [0.3, 0.4) is 0 Å². The molecule has 2 nitrogen and oxygen atoms in total. The average molecular weight is 438 g/mol. The van der Waals surface area contributed by atoms with Crippen molar-refractivity contribution in [3.05, 3.63) is 29.8 Å². The molecule has 1 aromatic rings. The summed E-state index contributed by atoms with van der Waals surface area (Å²) in [6, 6.07) is 6.88. The van der Waals surface area contributed by atoms with E-state index in [1.807, 2.05) is 0 Å². The molecule has 6 heteroatoms. The summed E-state index contributed by atoms with van der Waals surface area (Å²) in [5, 5.41) is 0. The zero-order valence-electron chi connectivity index (χ0n) is 15.7. The van der Waals surface area contributed by atoms with Crippen LogP contribution < -0.4 is 4.74 Å². The molecule has 1 fully saturated rings. The molecular weight excluding hydrogens is 407 g/mol. The van der Waals surface area contributed by atoms with Gasteiger partial charge >= 0.3 is 6.00 Å². The number of unbranched alkanes of at least 4 members (excludes halogenated alkanes) is 2. The van der Waals surface area contributed by atoms with Crippen molar-refractivity contribution in [1.82, 2.24) is 0 Å². The standard InChI is InChI=1S/C20H31Cl3O2Si/c1-2-3-4-14-24-19-10-6-17(7-11-19)18-8-12-20(13-9-18)25-15-5-16-26(21,22)23/h6-7,10-11,18,20H,2-5,8-9,12-16H2,1H3/t18-,20-. The molecular formula is C20H31Cl3O2Si. The molecule has 26 heavy (non-hydrogen) atoms. The molecule has 0 radical (unpaired) electrons. The van der Waals surface area contributed by atoms with Gasteiger partial charge in [-0.3, -0.25) is 0 Å². The third kappa shape index (κ3) is 8.84. The van der Waals surface area contributed by atoms with Gasteiger partial charge in [-0.15, -0.1) is 33.2 Å². The molecule has 0 heterocycles. The topological polar surface area (TPSA) is 18.5 Å². The zero-order chi connectivity index (χ0) is 18.8. The second-order valence-electron chi connectivity index (χ2n) is 7.19. The van der Waals surface area contributed by atoms with Gasteiger partial charge in [0.15, 0.2) is 0 Å². The van der Waals surface area contributed by atoms with Crippen LogP contribution in [0.5, 0.6) is 5.75 Å². The summed E-state index contributed by atoms with van der Waals surface area (Å²) in [5.41, 5.74) is 1.42. The molecule has 1 saturated carbocycles. The first-order valence-electron chi connectivity index (χ1n) is 9.89. The highest BCUT2D eigenvalue weighted by Crippen LogP contribution is 2.35. The molecule has 2 rings (SSSR count). The predicted molar refractivity (Wildman–Crippen MR) is 115 cm³/mol. The van der Waals surface area contributed by atoms with Crippen LogP contribution in [0.4, 0.5) is 0 Å². The minimum absolute atomic E-state index is 0.365. The first-order chi connectivity index (χ1) is 12.5. The third-order valence-corrected chi connectivity index (χ3v) is 7.62. The largest absolute Gasteiger partial charge is 0.494 e. The van der Waals surface area contributed by atoms with E-state index in [1.165, 1.54) is 31.2 Å². The maximum absolute atomic E-state index is 5.97. The molecule has 0 bridgehead atoms. The number of hydrogen-bond donors (Lipinski definition) is 0. The Balaban J connectivity index is 1.65. The Labute approximate surface area is 173 Å². The predicted octanol–water partition coefficient (Wildman–Crippen LogP) is 7.34. The van der Waals surface area contributed by atoms with Crippen molar-refractivity contribution in [3.63, 3.8) is 0 Å². The lowest BCUT2D eigenvalue weighted by atomic mass is 9.83. The van der Waals surface area contributed by atoms with E-state index in [9.17, 15) is 0 Å². The average Bonchev–Trinajstić information content (AvgIpc) is 2.63. The smallest absolute Gasteiger partial charge is 0.341 e. The second kappa shape index (κ2) is 11.8. The van der Waals surface area contributed by atoms with E-state index in [0.717, 1.165) is 38.0 Å². The Bertz CT molecular complexity index is 497. The first kappa shape index (κ1) is 22.4. The van der Waals surface area contributed by atoms with Gasteiger partial charge in [-0.05, 0) is 68.2 Å². The molecule has 1 aromatic carbocycles. The normalized spacial score (nSPS) is 20.9. The van der Waals surface area contributed by atoms with Gasteiger partial charge in [-0.25, -0.2) is 0 Å². The minimum Gasteiger partial charge on any atom is -0.494 e. The van der Waals surface area contributed by atoms with E-state index >= 15 is 0 Å². The Kier molecular flexibility index (Phi) is 10.2. The quantitative estimate of drug-likeness (QED) is 0.205. The summed E-state index contributed by atoms with van der Waals surface area (Å²) >= 11 is 17.7. The highest BCUT2D eigenvalue weighted by Gasteiger charge is 2.25. The van der Waals surface area contributed by atoms with Crippen LogP contribution in [-0.2, 0) is 4.74 Å². The van der Waals surface area contributed by atoms with Crippen LogP contribution in [-0.4, -0.2) is 25.3 Å². The van der Waals surface area contributed by atoms with Crippen molar-refractivity contribution in [3.8, 4) is 5.75 Å². The number of hydrogen-bond acceptors (Lipinski definition) is 2. The molecule has 1 aliphatic rings. The maximum atomic E-state index is 5.97. The van der Waals surface area contributed by atoms with Crippen LogP contribution in [0.2, 0.25) is 6.04 Å². The van der Waals surface area contributed by atoms with E-state index in [1.54, 1.807) is 0 Å². The van der Waals surface area contributed by atoms with Crippen LogP contribution in [0.25, 0.3) is 0 Å². The molecule has 0 N–H and O–H groups in total. The van der Waals surface area contributed by atoms with Crippen LogP contribution >= 0.6 is 33.2 Å². The monoisotopic (exact) mass is 436 g/mol. The fraction of sp³-hybridized carbons (Fsp3) is 0.700. The van der Waals surface area contributed by atoms with Gasteiger partial charge in [-0.1, -0.05) is 31.9 Å². The van der Waals surface area contributed by atoms with Crippen molar-refractivity contribution in [2.45, 2.75) is 76.4 Å². The third-order valence-electron chi connectivity index (χ3n) is 5.00. The van der Waals surface area contributed by atoms with Crippen molar-refractivity contribution in [1.29, 1.82) is 0 Å². The first-order valence-corrected chi connectivity index (χ1v) is 15.1. The molecule has 0 unspecified atom stereocenters. The van der Waals surface area contributed by atoms with Crippen LogP contribution in [0, 0.1) is 0 Å². The van der Waals surface area contributed by atoms with Crippen LogP contribution in [0.15, 0.2) is 24.3 Å². The number of rotatable bonds is 11. The van der Waals surface area contributed by atoms with Crippen molar-refractivity contribution in [2.24, 2.45) is 0 Å². The van der Waals surface area contributed by atoms with Crippen molar-refractivity contribution in [2.75, 3.05) is 13.2 Å². The van der Waals surface area contributed by atoms with E-state index in [2.05, 4.69) is 31.2 Å². The fourth-order valence-electron chi connectivity index (χ4n) is 3.46. The SMILES string of the molecule is CCCCCOc1ccc([C@H]2CC[C@H](OCCC[Si](Cl)(Cl)Cl)CC2)cc1. The summed E-state index contributed by atoms with van der Waals surface area (Å²) in [7, 11) is 0. The van der Waals surface area contributed by atoms with Gasteiger partial charge in [0, 0.05) is 6.61 Å². The lowest BCUT2D eigenvalue weighted by molar-refractivity contribution is 0.0251. The summed E-state index contributed by atoms with van der Waals surface area (Å²) in [5.74, 6) is 1.62. The number of benzene rings is 1. The lowest BCUT2D eigenvalue weighted by Gasteiger charge is -2.29. The van der Waals surface area contributed by atoms with E-state index < -0.39 is 6.00 Å². The number of halogens is 3. The molecule has 0 aliphatic heterocycles. The number of ether oxygens (including phenoxy) is 2. The van der Waals surface area contributed by atoms with Gasteiger partial charge in [0.2, 0.25) is 0 Å². The summed E-state index contributed by atoms with van der Waals surface area (Å²) in [4.78, 5) is 0. The summed E-state index contributed by atoms with van der Waals surface area (Å²) in [6.45, 7) is 3.73. The summed E-state index contributed by atoms with van der Waals surface area (Å²) in [6.07, 6.45) is 9.40. The molecule has 0 atom stereocenters. The molecule has 1 aliphatic carbocycles. The fourth-order valence-corrected chi connectivity index (χ4v) is 5.21. The molecule has 148 valence electrons. The lowest BCUT2D eigenvalue weighted by Crippen LogP contribution is -2.22. The Morgan fingerprint density at radius 2 is 1.62 bits per heavy atom. The van der Waals surface area contributed by atoms with Crippen molar-refractivity contribution < 1.29 is 9.47 Å². The molecule has 0 saturated heterocycles. The maximum Gasteiger partial charge on any atom is 0.341 e. The van der Waals surface area contributed by atoms with Gasteiger partial charge in [-0.2, -0.15) is 0 Å². The zero-order valence-corrected chi connectivity index (χ0v) is 19.0. The molecule has 0 aromatic heterocycles. The highest BCUT2D eigenvalue weighted by molar-refractivity contribution is 7.64. The van der Waals surface area contributed by atoms with Gasteiger partial charge in [0.05, 0.1) is 12.7 Å². The van der Waals surface area contributed by atoms with Crippen LogP contribution in [0.1, 0.15) is 69.8 Å². The minimum atomic E-state index is -2.49. The van der Waals surface area contributed by atoms with E-state index in [0.29, 0.717) is 24.7 Å². The van der Waals surface area contributed by atoms with Gasteiger partial charge in [0.1, 0.15) is 5.75 Å². The van der Waals surface area contributed by atoms with Gasteiger partial charge in [0.25, 0.3) is 0 Å². The molecule has 0 spiro atoms.